The minimum absolute atomic E-state index is 0.0126. The number of cyclic esters (lactones) is 1. The molecule has 306 valence electrons. The van der Waals surface area contributed by atoms with Crippen molar-refractivity contribution in [3.8, 4) is 22.3 Å². The summed E-state index contributed by atoms with van der Waals surface area (Å²) in [6, 6.07) is 12.0. The Balaban J connectivity index is 1.53. The third-order valence-electron chi connectivity index (χ3n) is 12.6. The highest BCUT2D eigenvalue weighted by atomic mass is 32.1. The summed E-state index contributed by atoms with van der Waals surface area (Å²) in [5.74, 6) is 2.02. The molecule has 3 aliphatic rings. The lowest BCUT2D eigenvalue weighted by atomic mass is 9.68. The monoisotopic (exact) mass is 790 g/mol. The van der Waals surface area contributed by atoms with E-state index in [2.05, 4.69) is 74.3 Å². The second-order valence-electron chi connectivity index (χ2n) is 17.2. The van der Waals surface area contributed by atoms with E-state index in [1.807, 2.05) is 39.8 Å². The van der Waals surface area contributed by atoms with Crippen molar-refractivity contribution in [3.05, 3.63) is 46.8 Å². The highest BCUT2D eigenvalue weighted by molar-refractivity contribution is 7.16. The van der Waals surface area contributed by atoms with Crippen molar-refractivity contribution in [2.75, 3.05) is 20.7 Å². The number of amides is 1. The Morgan fingerprint density at radius 1 is 0.982 bits per heavy atom. The lowest BCUT2D eigenvalue weighted by Gasteiger charge is -2.46. The van der Waals surface area contributed by atoms with E-state index in [1.165, 1.54) is 5.56 Å². The Labute approximate surface area is 337 Å². The number of esters is 1. The Morgan fingerprint density at radius 3 is 2.39 bits per heavy atom. The van der Waals surface area contributed by atoms with Crippen molar-refractivity contribution in [3.63, 3.8) is 0 Å². The van der Waals surface area contributed by atoms with Crippen LogP contribution in [0.1, 0.15) is 97.9 Å². The lowest BCUT2D eigenvalue weighted by molar-refractivity contribution is -0.173. The molecular formula is C45H62N2O8S. The third-order valence-corrected chi connectivity index (χ3v) is 13.7. The van der Waals surface area contributed by atoms with Crippen LogP contribution in [0.3, 0.4) is 0 Å². The van der Waals surface area contributed by atoms with Gasteiger partial charge in [0, 0.05) is 28.7 Å². The number of carbonyl (C=O) groups excluding carboxylic acids is 4. The van der Waals surface area contributed by atoms with Gasteiger partial charge in [0.15, 0.2) is 5.60 Å². The lowest BCUT2D eigenvalue weighted by Crippen LogP contribution is -2.57. The van der Waals surface area contributed by atoms with Gasteiger partial charge in [-0.2, -0.15) is 0 Å². The number of carbonyl (C=O) groups is 4. The van der Waals surface area contributed by atoms with Crippen molar-refractivity contribution < 1.29 is 38.1 Å². The van der Waals surface area contributed by atoms with Gasteiger partial charge in [-0.25, -0.2) is 4.79 Å². The molecule has 4 heterocycles. The molecule has 3 aliphatic heterocycles. The largest absolute Gasteiger partial charge is 0.458 e. The van der Waals surface area contributed by atoms with Crippen LogP contribution in [0.15, 0.2) is 36.4 Å². The van der Waals surface area contributed by atoms with E-state index in [-0.39, 0.29) is 36.8 Å². The van der Waals surface area contributed by atoms with E-state index >= 15 is 0 Å². The van der Waals surface area contributed by atoms with Gasteiger partial charge in [-0.15, -0.1) is 11.3 Å². The number of fused-ring (bicyclic) bond motifs is 1. The minimum Gasteiger partial charge on any atom is -0.458 e. The zero-order valence-electron chi connectivity index (χ0n) is 35.1. The average molecular weight is 791 g/mol. The molecule has 0 saturated carbocycles. The Kier molecular flexibility index (Phi) is 13.9. The topological polar surface area (TPSA) is 120 Å². The summed E-state index contributed by atoms with van der Waals surface area (Å²) in [4.78, 5) is 59.8. The van der Waals surface area contributed by atoms with Gasteiger partial charge in [-0.05, 0) is 104 Å². The molecule has 1 N–H and O–H groups in total. The molecule has 0 spiro atoms. The predicted molar refractivity (Wildman–Crippen MR) is 218 cm³/mol. The molecule has 1 aromatic carbocycles. The molecule has 0 bridgehead atoms. The second-order valence-corrected chi connectivity index (χ2v) is 18.3. The standard InChI is InChI=1S/C45H62N2O8S/c1-12-38-45(9)41(46-43(51)55-45)30(6)39(48)27(3)25-44(8,52-20-14-17-35-18-19-37(56-35)32-16-13-15-26(2)21-32)36(29(5)40(49)31(7)42(50)54-38)24-34-23-33(47(10)11)22-28(4)53-34/h13,15-16,18-19,21,27-31,33-34,36,38,41H,12,20,22-25H2,1-11H3,(H,46,51)/t27-,28-,29-,30+,31-,33+,34?,36-,38-,41?,44+,45-/m1/s1. The highest BCUT2D eigenvalue weighted by Gasteiger charge is 2.57. The first-order valence-corrected chi connectivity index (χ1v) is 21.1. The summed E-state index contributed by atoms with van der Waals surface area (Å²) in [5.41, 5.74) is -0.0402. The summed E-state index contributed by atoms with van der Waals surface area (Å²) in [7, 11) is 4.15. The van der Waals surface area contributed by atoms with Gasteiger partial charge in [0.25, 0.3) is 0 Å². The van der Waals surface area contributed by atoms with Gasteiger partial charge in [-0.3, -0.25) is 14.4 Å². The van der Waals surface area contributed by atoms with Crippen molar-refractivity contribution in [2.45, 2.75) is 136 Å². The quantitative estimate of drug-likeness (QED) is 0.172. The molecule has 2 unspecified atom stereocenters. The van der Waals surface area contributed by atoms with Crippen LogP contribution in [-0.4, -0.2) is 90.8 Å². The van der Waals surface area contributed by atoms with E-state index in [0.29, 0.717) is 18.9 Å². The summed E-state index contributed by atoms with van der Waals surface area (Å²) in [5, 5.41) is 2.85. The van der Waals surface area contributed by atoms with Crippen LogP contribution in [0, 0.1) is 48.4 Å². The van der Waals surface area contributed by atoms with E-state index < -0.39 is 65.0 Å². The number of alkyl carbamates (subject to hydrolysis) is 1. The molecule has 10 nitrogen and oxygen atoms in total. The van der Waals surface area contributed by atoms with Gasteiger partial charge in [0.2, 0.25) is 0 Å². The molecular weight excluding hydrogens is 729 g/mol. The summed E-state index contributed by atoms with van der Waals surface area (Å²) >= 11 is 1.61. The summed E-state index contributed by atoms with van der Waals surface area (Å²) in [6.45, 7) is 16.8. The van der Waals surface area contributed by atoms with E-state index in [1.54, 1.807) is 32.1 Å². The molecule has 1 aromatic heterocycles. The number of hydrogen-bond acceptors (Lipinski definition) is 10. The van der Waals surface area contributed by atoms with Crippen molar-refractivity contribution in [1.82, 2.24) is 10.2 Å². The molecule has 56 heavy (non-hydrogen) atoms. The molecule has 3 fully saturated rings. The Hall–Kier alpha value is -3.56. The van der Waals surface area contributed by atoms with Crippen LogP contribution < -0.4 is 5.32 Å². The maximum Gasteiger partial charge on any atom is 0.408 e. The molecule has 0 radical (unpaired) electrons. The fourth-order valence-corrected chi connectivity index (χ4v) is 10.3. The van der Waals surface area contributed by atoms with Crippen LogP contribution >= 0.6 is 11.3 Å². The van der Waals surface area contributed by atoms with Crippen LogP contribution in [0.25, 0.3) is 10.4 Å². The number of Topliss-reactive ketones (excluding diaryl/α,β-unsaturated/α-hetero) is 2. The molecule has 2 aromatic rings. The first-order chi connectivity index (χ1) is 26.4. The minimum atomic E-state index is -1.33. The smallest absolute Gasteiger partial charge is 0.408 e. The van der Waals surface area contributed by atoms with E-state index in [4.69, 9.17) is 18.9 Å². The van der Waals surface area contributed by atoms with Crippen LogP contribution in [0.4, 0.5) is 4.79 Å². The fourth-order valence-electron chi connectivity index (χ4n) is 9.39. The number of ketones is 2. The zero-order valence-corrected chi connectivity index (χ0v) is 35.9. The molecule has 3 saturated heterocycles. The number of nitrogens with one attached hydrogen (secondary N) is 1. The number of aryl methyl sites for hydroxylation is 1. The third kappa shape index (κ3) is 9.58. The molecule has 0 aliphatic carbocycles. The first-order valence-electron chi connectivity index (χ1n) is 20.3. The number of benzene rings is 1. The van der Waals surface area contributed by atoms with Crippen molar-refractivity contribution >= 4 is 35.0 Å². The summed E-state index contributed by atoms with van der Waals surface area (Å²) < 4.78 is 25.2. The SMILES string of the molecule is CC[C@H]1OC(=O)[C@H](C)C(=O)[C@H](C)[C@@H](CC2C[C@@H](N(C)C)C[C@@H](C)O2)[C@@](C)(OCC#Cc2ccc(-c3cccc(C)c3)s2)C[C@@H](C)C(=O)[C@H](C)C2NC(=O)O[C@@]21C. The number of ether oxygens (including phenoxy) is 4. The van der Waals surface area contributed by atoms with Crippen LogP contribution in [-0.2, 0) is 33.3 Å². The molecule has 12 atom stereocenters. The second kappa shape index (κ2) is 17.9. The Morgan fingerprint density at radius 2 is 1.71 bits per heavy atom. The maximum atomic E-state index is 14.5. The van der Waals surface area contributed by atoms with Gasteiger partial charge in [0.1, 0.15) is 30.2 Å². The van der Waals surface area contributed by atoms with Gasteiger partial charge in [-0.1, -0.05) is 69.4 Å². The number of rotatable bonds is 7. The highest BCUT2D eigenvalue weighted by Crippen LogP contribution is 2.43. The van der Waals surface area contributed by atoms with Gasteiger partial charge >= 0.3 is 12.1 Å². The normalized spacial score (nSPS) is 35.8. The van der Waals surface area contributed by atoms with Crippen LogP contribution in [0.5, 0.6) is 0 Å². The number of thiophene rings is 1. The van der Waals surface area contributed by atoms with Gasteiger partial charge < -0.3 is 29.2 Å². The van der Waals surface area contributed by atoms with Crippen LogP contribution in [0.2, 0.25) is 0 Å². The maximum absolute atomic E-state index is 14.5. The van der Waals surface area contributed by atoms with E-state index in [0.717, 1.165) is 28.2 Å². The zero-order chi connectivity index (χ0) is 41.1. The van der Waals surface area contributed by atoms with Crippen molar-refractivity contribution in [2.24, 2.45) is 29.6 Å². The van der Waals surface area contributed by atoms with E-state index in [9.17, 15) is 19.2 Å². The average Bonchev–Trinajstić information content (AvgIpc) is 3.76. The molecule has 5 rings (SSSR count). The van der Waals surface area contributed by atoms with Crippen molar-refractivity contribution in [1.29, 1.82) is 0 Å². The fraction of sp³-hybridized carbons (Fsp3) is 0.644. The predicted octanol–water partition coefficient (Wildman–Crippen LogP) is 7.63. The Bertz CT molecular complexity index is 1810. The number of nitrogens with zero attached hydrogens (tertiary/aromatic N) is 1. The summed E-state index contributed by atoms with van der Waals surface area (Å²) in [6.07, 6.45) is 1.02. The molecule has 11 heteroatoms. The number of hydrogen-bond donors (Lipinski definition) is 1. The van der Waals surface area contributed by atoms with Gasteiger partial charge in [0.05, 0.1) is 28.7 Å². The molecule has 1 amide bonds. The first kappa shape index (κ1) is 43.6.